The molecule has 0 bridgehead atoms. The molecule has 5 rings (SSSR count). The Morgan fingerprint density at radius 2 is 2.06 bits per heavy atom. The van der Waals surface area contributed by atoms with Crippen LogP contribution < -0.4 is 15.5 Å². The van der Waals surface area contributed by atoms with Gasteiger partial charge in [-0.25, -0.2) is 9.78 Å². The van der Waals surface area contributed by atoms with E-state index in [1.165, 1.54) is 23.0 Å². The van der Waals surface area contributed by atoms with E-state index in [-0.39, 0.29) is 23.9 Å². The fraction of sp³-hybridized carbons (Fsp3) is 0.333. The number of nitrogens with one attached hydrogen (secondary N) is 2. The van der Waals surface area contributed by atoms with Gasteiger partial charge in [0.05, 0.1) is 22.4 Å². The number of nitrogens with zero attached hydrogens (tertiary/aromatic N) is 3. The smallest absolute Gasteiger partial charge is 0.331 e. The van der Waals surface area contributed by atoms with Crippen molar-refractivity contribution in [2.45, 2.75) is 39.2 Å². The van der Waals surface area contributed by atoms with Gasteiger partial charge in [0, 0.05) is 25.3 Å². The normalized spacial score (nSPS) is 17.3. The van der Waals surface area contributed by atoms with Crippen molar-refractivity contribution >= 4 is 56.5 Å². The summed E-state index contributed by atoms with van der Waals surface area (Å²) in [5.74, 6) is 0.138. The zero-order valence-corrected chi connectivity index (χ0v) is 21.2. The molecule has 2 aromatic heterocycles. The van der Waals surface area contributed by atoms with E-state index in [0.29, 0.717) is 40.1 Å². The van der Waals surface area contributed by atoms with Crippen molar-refractivity contribution in [2.24, 2.45) is 5.92 Å². The van der Waals surface area contributed by atoms with Crippen molar-refractivity contribution in [3.05, 3.63) is 59.6 Å². The average Bonchev–Trinajstić information content (AvgIpc) is 3.24. The highest BCUT2D eigenvalue weighted by Crippen LogP contribution is 2.45. The van der Waals surface area contributed by atoms with Gasteiger partial charge in [-0.2, -0.15) is 0 Å². The third-order valence-corrected chi connectivity index (χ3v) is 7.63. The minimum absolute atomic E-state index is 0.135. The first-order valence-corrected chi connectivity index (χ1v) is 13.0. The molecule has 1 unspecified atom stereocenters. The number of rotatable bonds is 6. The van der Waals surface area contributed by atoms with E-state index >= 15 is 0 Å². The lowest BCUT2D eigenvalue weighted by Crippen LogP contribution is -2.49. The predicted octanol–water partition coefficient (Wildman–Crippen LogP) is 5.09. The van der Waals surface area contributed by atoms with Crippen molar-refractivity contribution in [1.29, 1.82) is 0 Å². The molecule has 1 atom stereocenters. The van der Waals surface area contributed by atoms with Crippen LogP contribution in [0, 0.1) is 5.92 Å². The van der Waals surface area contributed by atoms with E-state index in [0.717, 1.165) is 30.3 Å². The standard InChI is InChI=1S/C27H29N5O3S/c1-4-21(33)31-13-5-6-18(15-31)29-25(34)24-23-22-20(11-12-28-26(22)36-24)32(27(35)30-23)19-9-7-17(8-10-19)14-16(2)3/h4,7-12,16,18H,1,5-6,13-15H2,2-3H3,(H,29,34)(H,30,35). The molecule has 0 aliphatic carbocycles. The molecule has 2 aliphatic heterocycles. The summed E-state index contributed by atoms with van der Waals surface area (Å²) < 4.78 is 0. The number of carbonyl (C=O) groups is 3. The molecular formula is C27H29N5O3S. The number of benzene rings is 1. The summed E-state index contributed by atoms with van der Waals surface area (Å²) in [6.45, 7) is 9.00. The summed E-state index contributed by atoms with van der Waals surface area (Å²) in [4.78, 5) is 47.5. The van der Waals surface area contributed by atoms with Gasteiger partial charge < -0.3 is 15.5 Å². The fourth-order valence-corrected chi connectivity index (χ4v) is 5.95. The molecule has 0 spiro atoms. The molecular weight excluding hydrogens is 474 g/mol. The maximum absolute atomic E-state index is 13.3. The molecule has 2 aliphatic rings. The van der Waals surface area contributed by atoms with E-state index in [2.05, 4.69) is 36.0 Å². The topological polar surface area (TPSA) is 94.6 Å². The molecule has 1 fully saturated rings. The molecule has 8 nitrogen and oxygen atoms in total. The summed E-state index contributed by atoms with van der Waals surface area (Å²) in [5.41, 5.74) is 3.16. The van der Waals surface area contributed by atoms with Crippen LogP contribution in [0.5, 0.6) is 0 Å². The van der Waals surface area contributed by atoms with Crippen molar-refractivity contribution in [3.63, 3.8) is 0 Å². The number of anilines is 3. The Labute approximate surface area is 214 Å². The fourth-order valence-electron chi connectivity index (χ4n) is 4.93. The Balaban J connectivity index is 1.44. The van der Waals surface area contributed by atoms with Gasteiger partial charge >= 0.3 is 6.03 Å². The number of aromatic nitrogens is 1. The lowest BCUT2D eigenvalue weighted by atomic mass is 10.0. The molecule has 36 heavy (non-hydrogen) atoms. The van der Waals surface area contributed by atoms with Gasteiger partial charge in [-0.15, -0.1) is 11.3 Å². The molecule has 2 N–H and O–H groups in total. The lowest BCUT2D eigenvalue weighted by Gasteiger charge is -2.32. The summed E-state index contributed by atoms with van der Waals surface area (Å²) in [5, 5.41) is 6.75. The van der Waals surface area contributed by atoms with E-state index in [1.54, 1.807) is 22.1 Å². The van der Waals surface area contributed by atoms with Crippen LogP contribution in [-0.4, -0.2) is 46.9 Å². The van der Waals surface area contributed by atoms with Crippen LogP contribution in [0.2, 0.25) is 0 Å². The maximum Gasteiger partial charge on any atom is 0.331 e. The minimum atomic E-state index is -0.320. The first kappa shape index (κ1) is 24.0. The summed E-state index contributed by atoms with van der Waals surface area (Å²) >= 11 is 1.26. The van der Waals surface area contributed by atoms with Crippen molar-refractivity contribution < 1.29 is 14.4 Å². The number of carbonyl (C=O) groups excluding carboxylic acids is 3. The molecule has 4 amide bonds. The highest BCUT2D eigenvalue weighted by molar-refractivity contribution is 7.21. The number of thiophene rings is 1. The zero-order valence-electron chi connectivity index (χ0n) is 20.4. The quantitative estimate of drug-likeness (QED) is 0.459. The Kier molecular flexibility index (Phi) is 6.49. The third kappa shape index (κ3) is 4.46. The van der Waals surface area contributed by atoms with Crippen LogP contribution in [0.25, 0.3) is 10.2 Å². The number of pyridine rings is 1. The van der Waals surface area contributed by atoms with Crippen LogP contribution >= 0.6 is 11.3 Å². The predicted molar refractivity (Wildman–Crippen MR) is 143 cm³/mol. The van der Waals surface area contributed by atoms with E-state index < -0.39 is 0 Å². The molecule has 186 valence electrons. The van der Waals surface area contributed by atoms with Crippen LogP contribution in [0.4, 0.5) is 21.9 Å². The second-order valence-electron chi connectivity index (χ2n) is 9.65. The molecule has 9 heteroatoms. The molecule has 4 heterocycles. The average molecular weight is 504 g/mol. The van der Waals surface area contributed by atoms with E-state index in [4.69, 9.17) is 0 Å². The Bertz CT molecular complexity index is 1350. The monoisotopic (exact) mass is 503 g/mol. The van der Waals surface area contributed by atoms with E-state index in [9.17, 15) is 14.4 Å². The highest BCUT2D eigenvalue weighted by atomic mass is 32.1. The molecule has 0 radical (unpaired) electrons. The first-order chi connectivity index (χ1) is 17.4. The molecule has 1 saturated heterocycles. The van der Waals surface area contributed by atoms with Gasteiger partial charge in [0.15, 0.2) is 0 Å². The van der Waals surface area contributed by atoms with Gasteiger partial charge in [0.1, 0.15) is 9.71 Å². The van der Waals surface area contributed by atoms with Gasteiger partial charge in [0.2, 0.25) is 5.91 Å². The third-order valence-electron chi connectivity index (χ3n) is 6.53. The van der Waals surface area contributed by atoms with Gasteiger partial charge in [-0.05, 0) is 55.0 Å². The Morgan fingerprint density at radius 1 is 1.28 bits per heavy atom. The van der Waals surface area contributed by atoms with Gasteiger partial charge in [-0.3, -0.25) is 14.5 Å². The SMILES string of the molecule is C=CC(=O)N1CCCC(NC(=O)c2sc3nccc4c3c2NC(=O)N4c2ccc(CC(C)C)cc2)C1. The highest BCUT2D eigenvalue weighted by Gasteiger charge is 2.33. The van der Waals surface area contributed by atoms with Crippen LogP contribution in [0.1, 0.15) is 41.9 Å². The number of amides is 4. The zero-order chi connectivity index (χ0) is 25.4. The minimum Gasteiger partial charge on any atom is -0.347 e. The number of hydrogen-bond acceptors (Lipinski definition) is 5. The van der Waals surface area contributed by atoms with Crippen LogP contribution in [0.3, 0.4) is 0 Å². The number of piperidine rings is 1. The van der Waals surface area contributed by atoms with E-state index in [1.807, 2.05) is 24.3 Å². The molecule has 1 aromatic carbocycles. The van der Waals surface area contributed by atoms with Crippen molar-refractivity contribution in [1.82, 2.24) is 15.2 Å². The van der Waals surface area contributed by atoms with Gasteiger partial charge in [0.25, 0.3) is 5.91 Å². The lowest BCUT2D eigenvalue weighted by molar-refractivity contribution is -0.127. The largest absolute Gasteiger partial charge is 0.347 e. The summed E-state index contributed by atoms with van der Waals surface area (Å²) in [6.07, 6.45) is 5.52. The number of likely N-dealkylation sites (tertiary alicyclic amines) is 1. The van der Waals surface area contributed by atoms with Crippen LogP contribution in [-0.2, 0) is 11.2 Å². The first-order valence-electron chi connectivity index (χ1n) is 12.2. The van der Waals surface area contributed by atoms with Crippen molar-refractivity contribution in [3.8, 4) is 0 Å². The van der Waals surface area contributed by atoms with Crippen LogP contribution in [0.15, 0.2) is 49.2 Å². The number of urea groups is 1. The molecule has 0 saturated carbocycles. The summed E-state index contributed by atoms with van der Waals surface area (Å²) in [6, 6.07) is 9.32. The second kappa shape index (κ2) is 9.73. The second-order valence-corrected chi connectivity index (χ2v) is 10.6. The Morgan fingerprint density at radius 3 is 2.78 bits per heavy atom. The van der Waals surface area contributed by atoms with Gasteiger partial charge in [-0.1, -0.05) is 32.6 Å². The van der Waals surface area contributed by atoms with Crippen molar-refractivity contribution in [2.75, 3.05) is 23.3 Å². The summed E-state index contributed by atoms with van der Waals surface area (Å²) in [7, 11) is 0. The Hall–Kier alpha value is -3.72. The molecule has 3 aromatic rings. The maximum atomic E-state index is 13.3. The number of hydrogen-bond donors (Lipinski definition) is 2.